The highest BCUT2D eigenvalue weighted by atomic mass is 19.4. The van der Waals surface area contributed by atoms with Crippen molar-refractivity contribution in [3.63, 3.8) is 0 Å². The molecule has 1 heterocycles. The number of nitrogens with zero attached hydrogens (tertiary/aromatic N) is 2. The Morgan fingerprint density at radius 2 is 2.21 bits per heavy atom. The lowest BCUT2D eigenvalue weighted by Crippen LogP contribution is -2.26. The molecule has 0 spiro atoms. The van der Waals surface area contributed by atoms with Gasteiger partial charge in [-0.05, 0) is 25.8 Å². The van der Waals surface area contributed by atoms with Gasteiger partial charge in [-0.2, -0.15) is 13.2 Å². The molecule has 1 aromatic rings. The van der Waals surface area contributed by atoms with Crippen LogP contribution in [0.25, 0.3) is 0 Å². The van der Waals surface area contributed by atoms with Gasteiger partial charge >= 0.3 is 6.18 Å². The molecule has 0 fully saturated rings. The first-order valence-corrected chi connectivity index (χ1v) is 6.64. The van der Waals surface area contributed by atoms with Gasteiger partial charge in [0.2, 0.25) is 0 Å². The third kappa shape index (κ3) is 3.89. The van der Waals surface area contributed by atoms with Crippen molar-refractivity contribution in [2.75, 3.05) is 6.54 Å². The van der Waals surface area contributed by atoms with Gasteiger partial charge in [0.15, 0.2) is 0 Å². The van der Waals surface area contributed by atoms with Crippen LogP contribution in [-0.4, -0.2) is 22.7 Å². The average molecular weight is 273 g/mol. The van der Waals surface area contributed by atoms with Crippen LogP contribution in [0.2, 0.25) is 0 Å². The zero-order valence-electron chi connectivity index (χ0n) is 10.9. The predicted molar refractivity (Wildman–Crippen MR) is 65.8 cm³/mol. The molecule has 6 heteroatoms. The Morgan fingerprint density at radius 3 is 2.89 bits per heavy atom. The van der Waals surface area contributed by atoms with Crippen LogP contribution in [0.4, 0.5) is 13.2 Å². The second kappa shape index (κ2) is 5.86. The zero-order valence-corrected chi connectivity index (χ0v) is 10.9. The van der Waals surface area contributed by atoms with E-state index in [9.17, 15) is 13.2 Å². The number of halogens is 3. The quantitative estimate of drug-likeness (QED) is 0.916. The van der Waals surface area contributed by atoms with E-state index in [0.717, 1.165) is 37.1 Å². The van der Waals surface area contributed by atoms with Crippen LogP contribution in [0.1, 0.15) is 49.3 Å². The fraction of sp³-hybridized carbons (Fsp3) is 0.692. The van der Waals surface area contributed by atoms with E-state index in [-0.39, 0.29) is 12.5 Å². The fourth-order valence-corrected chi connectivity index (χ4v) is 2.42. The topological polar surface area (TPSA) is 37.8 Å². The molecule has 1 aliphatic rings. The van der Waals surface area contributed by atoms with Gasteiger partial charge in [-0.1, -0.05) is 6.92 Å². The first-order chi connectivity index (χ1) is 8.99. The molecule has 106 valence electrons. The summed E-state index contributed by atoms with van der Waals surface area (Å²) in [6.45, 7) is 2.90. The maximum atomic E-state index is 12.2. The Bertz CT molecular complexity index is 432. The summed E-state index contributed by atoms with van der Waals surface area (Å²) in [5.74, 6) is 0.299. The summed E-state index contributed by atoms with van der Waals surface area (Å²) in [6, 6.07) is 0.241. The third-order valence-electron chi connectivity index (χ3n) is 3.31. The largest absolute Gasteiger partial charge is 0.389 e. The van der Waals surface area contributed by atoms with Crippen LogP contribution in [0, 0.1) is 0 Å². The molecule has 0 saturated carbocycles. The van der Waals surface area contributed by atoms with Crippen LogP contribution in [0.15, 0.2) is 6.20 Å². The van der Waals surface area contributed by atoms with E-state index in [2.05, 4.69) is 15.3 Å². The van der Waals surface area contributed by atoms with E-state index in [1.807, 2.05) is 6.92 Å². The summed E-state index contributed by atoms with van der Waals surface area (Å²) < 4.78 is 36.5. The van der Waals surface area contributed by atoms with Gasteiger partial charge in [-0.15, -0.1) is 0 Å². The Labute approximate surface area is 110 Å². The minimum atomic E-state index is -4.15. The third-order valence-corrected chi connectivity index (χ3v) is 3.31. The van der Waals surface area contributed by atoms with Crippen molar-refractivity contribution < 1.29 is 13.2 Å². The molecule has 19 heavy (non-hydrogen) atoms. The number of aryl methyl sites for hydroxylation is 2. The van der Waals surface area contributed by atoms with Gasteiger partial charge in [0.05, 0.1) is 6.42 Å². The van der Waals surface area contributed by atoms with Gasteiger partial charge in [-0.3, -0.25) is 0 Å². The van der Waals surface area contributed by atoms with Crippen molar-refractivity contribution in [2.24, 2.45) is 0 Å². The molecule has 0 saturated heterocycles. The first-order valence-electron chi connectivity index (χ1n) is 6.64. The number of fused-ring (bicyclic) bond motifs is 1. The Kier molecular flexibility index (Phi) is 4.39. The second-order valence-corrected chi connectivity index (χ2v) is 4.81. The molecule has 0 aromatic carbocycles. The Balaban J connectivity index is 2.10. The maximum absolute atomic E-state index is 12.2. The van der Waals surface area contributed by atoms with Gasteiger partial charge < -0.3 is 5.32 Å². The summed E-state index contributed by atoms with van der Waals surface area (Å²) in [4.78, 5) is 8.37. The summed E-state index contributed by atoms with van der Waals surface area (Å²) in [6.07, 6.45) is -0.567. The summed E-state index contributed by atoms with van der Waals surface area (Å²) in [5.41, 5.74) is 1.95. The van der Waals surface area contributed by atoms with E-state index in [1.165, 1.54) is 0 Å². The van der Waals surface area contributed by atoms with E-state index >= 15 is 0 Å². The van der Waals surface area contributed by atoms with Gasteiger partial charge in [0, 0.05) is 29.9 Å². The van der Waals surface area contributed by atoms with E-state index in [4.69, 9.17) is 0 Å². The molecule has 1 unspecified atom stereocenters. The number of hydrogen-bond acceptors (Lipinski definition) is 3. The lowest BCUT2D eigenvalue weighted by molar-refractivity contribution is -0.134. The predicted octanol–water partition coefficient (Wildman–Crippen LogP) is 2.96. The van der Waals surface area contributed by atoms with Crippen molar-refractivity contribution in [3.05, 3.63) is 23.3 Å². The second-order valence-electron chi connectivity index (χ2n) is 4.81. The van der Waals surface area contributed by atoms with Crippen LogP contribution >= 0.6 is 0 Å². The molecule has 3 nitrogen and oxygen atoms in total. The summed E-state index contributed by atoms with van der Waals surface area (Å²) in [5, 5.41) is 3.36. The van der Waals surface area contributed by atoms with Gasteiger partial charge in [-0.25, -0.2) is 9.97 Å². The molecule has 0 radical (unpaired) electrons. The van der Waals surface area contributed by atoms with Crippen LogP contribution in [-0.2, 0) is 12.8 Å². The summed E-state index contributed by atoms with van der Waals surface area (Å²) in [7, 11) is 0. The minimum Gasteiger partial charge on any atom is -0.310 e. The lowest BCUT2D eigenvalue weighted by atomic mass is 9.92. The van der Waals surface area contributed by atoms with E-state index in [1.54, 1.807) is 6.20 Å². The zero-order chi connectivity index (χ0) is 13.9. The van der Waals surface area contributed by atoms with Crippen LogP contribution in [0.5, 0.6) is 0 Å². The van der Waals surface area contributed by atoms with Crippen molar-refractivity contribution in [1.29, 1.82) is 0 Å². The number of aromatic nitrogens is 2. The molecule has 1 aromatic heterocycles. The number of alkyl halides is 3. The first kappa shape index (κ1) is 14.2. The maximum Gasteiger partial charge on any atom is 0.389 e. The highest BCUT2D eigenvalue weighted by molar-refractivity contribution is 5.24. The Morgan fingerprint density at radius 1 is 1.42 bits per heavy atom. The molecular weight excluding hydrogens is 255 g/mol. The standard InChI is InChI=1S/C13H18F3N3/c1-2-17-10-4-3-5-11-9(10)8-18-12(19-11)6-7-13(14,15)16/h8,10,17H,2-7H2,1H3. The number of nitrogens with one attached hydrogen (secondary N) is 1. The number of rotatable bonds is 4. The SMILES string of the molecule is CCNC1CCCc2nc(CCC(F)(F)F)ncc21. The van der Waals surface area contributed by atoms with Crippen molar-refractivity contribution in [1.82, 2.24) is 15.3 Å². The molecule has 0 amide bonds. The number of hydrogen-bond donors (Lipinski definition) is 1. The van der Waals surface area contributed by atoms with Gasteiger partial charge in [0.25, 0.3) is 0 Å². The van der Waals surface area contributed by atoms with Crippen molar-refractivity contribution in [3.8, 4) is 0 Å². The molecule has 1 N–H and O–H groups in total. The molecule has 0 aliphatic heterocycles. The highest BCUT2D eigenvalue weighted by Crippen LogP contribution is 2.28. The van der Waals surface area contributed by atoms with Crippen molar-refractivity contribution >= 4 is 0 Å². The van der Waals surface area contributed by atoms with E-state index in [0.29, 0.717) is 5.82 Å². The smallest absolute Gasteiger partial charge is 0.310 e. The molecule has 0 bridgehead atoms. The Hall–Kier alpha value is -1.17. The van der Waals surface area contributed by atoms with E-state index < -0.39 is 12.6 Å². The molecule has 1 atom stereocenters. The van der Waals surface area contributed by atoms with Gasteiger partial charge in [0.1, 0.15) is 5.82 Å². The fourth-order valence-electron chi connectivity index (χ4n) is 2.42. The highest BCUT2D eigenvalue weighted by Gasteiger charge is 2.28. The monoisotopic (exact) mass is 273 g/mol. The van der Waals surface area contributed by atoms with Crippen molar-refractivity contribution in [2.45, 2.75) is 51.2 Å². The minimum absolute atomic E-state index is 0.136. The molecular formula is C13H18F3N3. The summed E-state index contributed by atoms with van der Waals surface area (Å²) >= 11 is 0. The molecule has 1 aliphatic carbocycles. The normalized spacial score (nSPS) is 19.3. The molecule has 2 rings (SSSR count). The van der Waals surface area contributed by atoms with Crippen LogP contribution < -0.4 is 5.32 Å². The lowest BCUT2D eigenvalue weighted by Gasteiger charge is -2.25. The van der Waals surface area contributed by atoms with Crippen LogP contribution in [0.3, 0.4) is 0 Å². The average Bonchev–Trinajstić information content (AvgIpc) is 2.36.